The van der Waals surface area contributed by atoms with Crippen LogP contribution in [-0.2, 0) is 4.79 Å². The van der Waals surface area contributed by atoms with E-state index >= 15 is 0 Å². The molecule has 4 aromatic rings. The molecule has 2 amide bonds. The van der Waals surface area contributed by atoms with Crippen molar-refractivity contribution in [3.8, 4) is 17.0 Å². The molecule has 2 aliphatic rings. The number of piperazine rings is 1. The second-order valence-corrected chi connectivity index (χ2v) is 10.0. The van der Waals surface area contributed by atoms with E-state index in [2.05, 4.69) is 20.6 Å². The van der Waals surface area contributed by atoms with Gasteiger partial charge in [0.05, 0.1) is 25.0 Å². The number of amides is 2. The molecule has 2 aromatic heterocycles. The molecule has 1 atom stereocenters. The van der Waals surface area contributed by atoms with Crippen molar-refractivity contribution in [2.24, 2.45) is 0 Å². The lowest BCUT2D eigenvalue weighted by Gasteiger charge is -2.38. The number of halogens is 1. The molecule has 2 fully saturated rings. The Morgan fingerprint density at radius 2 is 1.85 bits per heavy atom. The summed E-state index contributed by atoms with van der Waals surface area (Å²) >= 11 is 0. The summed E-state index contributed by atoms with van der Waals surface area (Å²) in [5.74, 6) is 0.353. The molecule has 6 rings (SSSR count). The summed E-state index contributed by atoms with van der Waals surface area (Å²) in [7, 11) is 1.43. The molecular weight excluding hydrogens is 513 g/mol. The number of aromatic nitrogens is 3. The van der Waals surface area contributed by atoms with Gasteiger partial charge in [-0.15, -0.1) is 0 Å². The summed E-state index contributed by atoms with van der Waals surface area (Å²) < 4.78 is 21.2. The van der Waals surface area contributed by atoms with Crippen LogP contribution in [0.3, 0.4) is 0 Å². The maximum Gasteiger partial charge on any atom is 0.254 e. The van der Waals surface area contributed by atoms with Crippen LogP contribution in [0.5, 0.6) is 5.75 Å². The smallest absolute Gasteiger partial charge is 0.254 e. The number of ether oxygens (including phenoxy) is 1. The van der Waals surface area contributed by atoms with Crippen LogP contribution in [0.25, 0.3) is 16.9 Å². The maximum absolute atomic E-state index is 14.3. The minimum absolute atomic E-state index is 0.0391. The summed E-state index contributed by atoms with van der Waals surface area (Å²) in [6, 6.07) is 10.3. The lowest BCUT2D eigenvalue weighted by molar-refractivity contribution is -0.136. The van der Waals surface area contributed by atoms with Crippen LogP contribution in [0.4, 0.5) is 15.9 Å². The fourth-order valence-electron chi connectivity index (χ4n) is 5.18. The van der Waals surface area contributed by atoms with Crippen LogP contribution in [0.15, 0.2) is 55.0 Å². The van der Waals surface area contributed by atoms with Gasteiger partial charge in [-0.1, -0.05) is 0 Å². The molecular formula is C29H30FN7O3. The number of carbonyl (C=O) groups is 2. The van der Waals surface area contributed by atoms with Crippen molar-refractivity contribution < 1.29 is 18.7 Å². The van der Waals surface area contributed by atoms with Crippen LogP contribution in [0, 0.1) is 12.7 Å². The fourth-order valence-corrected chi connectivity index (χ4v) is 5.18. The van der Waals surface area contributed by atoms with Crippen molar-refractivity contribution in [3.63, 3.8) is 0 Å². The maximum atomic E-state index is 14.3. The summed E-state index contributed by atoms with van der Waals surface area (Å²) in [6.45, 7) is 4.92. The highest BCUT2D eigenvalue weighted by atomic mass is 19.1. The molecule has 0 spiro atoms. The predicted molar refractivity (Wildman–Crippen MR) is 148 cm³/mol. The van der Waals surface area contributed by atoms with E-state index < -0.39 is 5.82 Å². The molecule has 2 N–H and O–H groups in total. The summed E-state index contributed by atoms with van der Waals surface area (Å²) in [6.07, 6.45) is 5.98. The number of nitrogens with one attached hydrogen (secondary N) is 2. The largest absolute Gasteiger partial charge is 0.494 e. The average molecular weight is 544 g/mol. The van der Waals surface area contributed by atoms with Gasteiger partial charge in [-0.05, 0) is 61.9 Å². The molecule has 0 saturated carbocycles. The molecule has 2 aliphatic heterocycles. The molecule has 11 heteroatoms. The highest BCUT2D eigenvalue weighted by Gasteiger charge is 2.32. The van der Waals surface area contributed by atoms with Crippen LogP contribution < -0.4 is 15.4 Å². The van der Waals surface area contributed by atoms with Gasteiger partial charge in [-0.2, -0.15) is 0 Å². The summed E-state index contributed by atoms with van der Waals surface area (Å²) in [4.78, 5) is 38.4. The summed E-state index contributed by atoms with van der Waals surface area (Å²) in [5, 5.41) is 6.46. The number of methoxy groups -OCH3 is 1. The minimum atomic E-state index is -0.450. The molecule has 0 aliphatic carbocycles. The highest BCUT2D eigenvalue weighted by molar-refractivity contribution is 5.96. The van der Waals surface area contributed by atoms with Crippen molar-refractivity contribution in [2.45, 2.75) is 19.4 Å². The van der Waals surface area contributed by atoms with Gasteiger partial charge in [-0.3, -0.25) is 14.0 Å². The molecule has 4 heterocycles. The quantitative estimate of drug-likeness (QED) is 0.385. The summed E-state index contributed by atoms with van der Waals surface area (Å²) in [5.41, 5.74) is 4.17. The van der Waals surface area contributed by atoms with Crippen molar-refractivity contribution in [1.29, 1.82) is 0 Å². The highest BCUT2D eigenvalue weighted by Crippen LogP contribution is 2.29. The number of benzene rings is 2. The number of anilines is 2. The normalized spacial score (nSPS) is 17.0. The first-order chi connectivity index (χ1) is 19.4. The van der Waals surface area contributed by atoms with Crippen LogP contribution in [0.2, 0.25) is 0 Å². The van der Waals surface area contributed by atoms with Gasteiger partial charge >= 0.3 is 0 Å². The number of rotatable bonds is 6. The molecule has 0 unspecified atom stereocenters. The Hall–Kier alpha value is -4.51. The van der Waals surface area contributed by atoms with Gasteiger partial charge in [0.1, 0.15) is 0 Å². The van der Waals surface area contributed by atoms with Gasteiger partial charge in [0.25, 0.3) is 5.91 Å². The third-order valence-corrected chi connectivity index (χ3v) is 7.60. The molecule has 0 radical (unpaired) electrons. The van der Waals surface area contributed by atoms with E-state index in [9.17, 15) is 14.0 Å². The lowest BCUT2D eigenvalue weighted by Crippen LogP contribution is -2.59. The van der Waals surface area contributed by atoms with E-state index in [1.165, 1.54) is 13.2 Å². The van der Waals surface area contributed by atoms with Gasteiger partial charge in [0.2, 0.25) is 5.91 Å². The second kappa shape index (κ2) is 10.6. The van der Waals surface area contributed by atoms with E-state index in [4.69, 9.17) is 4.74 Å². The molecule has 0 bridgehead atoms. The second-order valence-electron chi connectivity index (χ2n) is 10.0. The zero-order valence-electron chi connectivity index (χ0n) is 22.4. The lowest BCUT2D eigenvalue weighted by atomic mass is 10.0. The van der Waals surface area contributed by atoms with E-state index in [1.54, 1.807) is 30.7 Å². The number of carbonyl (C=O) groups excluding carboxylic acids is 2. The topological polar surface area (TPSA) is 104 Å². The number of aryl methyl sites for hydroxylation is 1. The Morgan fingerprint density at radius 1 is 1.07 bits per heavy atom. The molecule has 40 heavy (non-hydrogen) atoms. The standard InChI is InChI=1S/C29H30FN7O3/c1-18-15-20(4-5-21(18)28(38)35-11-13-36(14-12-35)29(39)23-7-8-31-23)34-26-27-33-17-24(37(27)10-9-32-26)19-3-6-25(40-2)22(30)16-19/h3-6,9-10,15-17,23,31H,7-8,11-14H2,1-2H3,(H,32,34)/t23-/m0/s1. The monoisotopic (exact) mass is 543 g/mol. The average Bonchev–Trinajstić information content (AvgIpc) is 3.37. The van der Waals surface area contributed by atoms with E-state index in [0.717, 1.165) is 24.2 Å². The minimum Gasteiger partial charge on any atom is -0.494 e. The van der Waals surface area contributed by atoms with Crippen LogP contribution in [-0.4, -0.2) is 81.9 Å². The van der Waals surface area contributed by atoms with E-state index in [0.29, 0.717) is 54.5 Å². The van der Waals surface area contributed by atoms with Gasteiger partial charge in [0.15, 0.2) is 23.0 Å². The zero-order chi connectivity index (χ0) is 27.8. The Kier molecular flexibility index (Phi) is 6.81. The SMILES string of the molecule is COc1ccc(-c2cnc3c(Nc4ccc(C(=O)N5CCN(C(=O)[C@@H]6CCN6)CC5)c(C)c4)nccn23)cc1F. The Balaban J connectivity index is 1.16. The van der Waals surface area contributed by atoms with Crippen LogP contribution >= 0.6 is 0 Å². The third-order valence-electron chi connectivity index (χ3n) is 7.60. The Bertz CT molecular complexity index is 1590. The number of imidazole rings is 1. The Labute approximate surface area is 230 Å². The Morgan fingerprint density at radius 3 is 2.52 bits per heavy atom. The predicted octanol–water partition coefficient (Wildman–Crippen LogP) is 3.24. The fraction of sp³-hybridized carbons (Fsp3) is 0.310. The third kappa shape index (κ3) is 4.73. The van der Waals surface area contributed by atoms with E-state index in [-0.39, 0.29) is 23.6 Å². The van der Waals surface area contributed by atoms with Crippen molar-refractivity contribution >= 4 is 29.0 Å². The first kappa shape index (κ1) is 25.8. The molecule has 2 aromatic carbocycles. The molecule has 2 saturated heterocycles. The van der Waals surface area contributed by atoms with Crippen LogP contribution in [0.1, 0.15) is 22.3 Å². The van der Waals surface area contributed by atoms with Gasteiger partial charge < -0.3 is 25.2 Å². The molecule has 206 valence electrons. The number of nitrogens with zero attached hydrogens (tertiary/aromatic N) is 5. The number of fused-ring (bicyclic) bond motifs is 1. The number of hydrogen-bond donors (Lipinski definition) is 2. The van der Waals surface area contributed by atoms with Crippen molar-refractivity contribution in [2.75, 3.05) is 45.2 Å². The van der Waals surface area contributed by atoms with Crippen molar-refractivity contribution in [3.05, 3.63) is 71.9 Å². The van der Waals surface area contributed by atoms with Gasteiger partial charge in [-0.25, -0.2) is 14.4 Å². The van der Waals surface area contributed by atoms with Gasteiger partial charge in [0, 0.05) is 55.4 Å². The first-order valence-corrected chi connectivity index (χ1v) is 13.3. The molecule has 10 nitrogen and oxygen atoms in total. The number of hydrogen-bond acceptors (Lipinski definition) is 7. The van der Waals surface area contributed by atoms with Crippen molar-refractivity contribution in [1.82, 2.24) is 29.5 Å². The van der Waals surface area contributed by atoms with E-state index in [1.807, 2.05) is 39.3 Å². The first-order valence-electron chi connectivity index (χ1n) is 13.3. The zero-order valence-corrected chi connectivity index (χ0v) is 22.4.